The van der Waals surface area contributed by atoms with E-state index in [-0.39, 0.29) is 12.1 Å². The first kappa shape index (κ1) is 21.6. The summed E-state index contributed by atoms with van der Waals surface area (Å²) in [5.41, 5.74) is 6.72. The van der Waals surface area contributed by atoms with Gasteiger partial charge in [0.25, 0.3) is 0 Å². The van der Waals surface area contributed by atoms with Crippen molar-refractivity contribution in [2.24, 2.45) is 5.73 Å². The molecule has 1 aromatic heterocycles. The molecule has 0 saturated heterocycles. The van der Waals surface area contributed by atoms with E-state index in [1.165, 1.54) is 23.2 Å². The molecule has 3 rings (SSSR count). The number of hydrogen-bond donors (Lipinski definition) is 2. The number of nitrogens with two attached hydrogens (primary N) is 1. The van der Waals surface area contributed by atoms with Crippen molar-refractivity contribution in [3.05, 3.63) is 64.4 Å². The number of nitrogens with zero attached hydrogens (tertiary/aromatic N) is 2. The molecule has 0 unspecified atom stereocenters. The molecule has 0 atom stereocenters. The smallest absolute Gasteiger partial charge is 0.369 e. The Bertz CT molecular complexity index is 991. The molecule has 3 N–H and O–H groups in total. The van der Waals surface area contributed by atoms with Gasteiger partial charge in [0.15, 0.2) is 0 Å². The number of anilines is 1. The van der Waals surface area contributed by atoms with Crippen LogP contribution in [0.15, 0.2) is 42.6 Å². The van der Waals surface area contributed by atoms with Gasteiger partial charge >= 0.3 is 12.2 Å². The Labute approximate surface area is 175 Å². The van der Waals surface area contributed by atoms with E-state index in [0.29, 0.717) is 35.8 Å². The first-order valence-electron chi connectivity index (χ1n) is 8.99. The highest BCUT2D eigenvalue weighted by Crippen LogP contribution is 2.30. The average Bonchev–Trinajstić information content (AvgIpc) is 2.67. The van der Waals surface area contributed by atoms with E-state index < -0.39 is 23.7 Å². The summed E-state index contributed by atoms with van der Waals surface area (Å²) in [5.74, 6) is -0.479. The van der Waals surface area contributed by atoms with Crippen LogP contribution in [-0.2, 0) is 17.4 Å². The van der Waals surface area contributed by atoms with Gasteiger partial charge in [-0.25, -0.2) is 4.79 Å². The maximum Gasteiger partial charge on any atom is 0.416 e. The molecule has 0 bridgehead atoms. The van der Waals surface area contributed by atoms with E-state index in [0.717, 1.165) is 17.7 Å². The molecule has 3 amide bonds. The third kappa shape index (κ3) is 5.29. The number of hydrogen-bond acceptors (Lipinski definition) is 3. The Morgan fingerprint density at radius 2 is 1.93 bits per heavy atom. The summed E-state index contributed by atoms with van der Waals surface area (Å²) in [7, 11) is 0. The second kappa shape index (κ2) is 8.74. The summed E-state index contributed by atoms with van der Waals surface area (Å²) in [6.07, 6.45) is -0.523. The Morgan fingerprint density at radius 1 is 1.23 bits per heavy atom. The molecule has 0 saturated carbocycles. The van der Waals surface area contributed by atoms with Crippen LogP contribution in [0.2, 0.25) is 5.02 Å². The summed E-state index contributed by atoms with van der Waals surface area (Å²) < 4.78 is 37.9. The molecule has 1 aromatic carbocycles. The van der Waals surface area contributed by atoms with E-state index in [1.807, 2.05) is 6.08 Å². The molecule has 10 heteroatoms. The lowest BCUT2D eigenvalue weighted by molar-refractivity contribution is -0.137. The van der Waals surface area contributed by atoms with Crippen LogP contribution < -0.4 is 11.1 Å². The van der Waals surface area contributed by atoms with Gasteiger partial charge in [0.05, 0.1) is 22.7 Å². The van der Waals surface area contributed by atoms with Crippen LogP contribution in [0.5, 0.6) is 0 Å². The molecule has 6 nitrogen and oxygen atoms in total. The zero-order chi connectivity index (χ0) is 21.9. The topological polar surface area (TPSA) is 88.3 Å². The van der Waals surface area contributed by atoms with Crippen molar-refractivity contribution in [2.75, 3.05) is 18.4 Å². The molecule has 0 aliphatic carbocycles. The highest BCUT2D eigenvalue weighted by atomic mass is 35.5. The predicted octanol–water partition coefficient (Wildman–Crippen LogP) is 4.10. The predicted molar refractivity (Wildman–Crippen MR) is 107 cm³/mol. The zero-order valence-electron chi connectivity index (χ0n) is 15.7. The molecule has 1 aliphatic rings. The van der Waals surface area contributed by atoms with Crippen LogP contribution in [0.1, 0.15) is 23.2 Å². The van der Waals surface area contributed by atoms with Crippen molar-refractivity contribution in [1.82, 2.24) is 9.88 Å². The maximum absolute atomic E-state index is 12.6. The highest BCUT2D eigenvalue weighted by Gasteiger charge is 2.30. The largest absolute Gasteiger partial charge is 0.416 e. The van der Waals surface area contributed by atoms with Crippen molar-refractivity contribution in [3.8, 4) is 0 Å². The molecule has 2 aromatic rings. The van der Waals surface area contributed by atoms with E-state index in [1.54, 1.807) is 6.07 Å². The number of alkyl halides is 3. The molecular weight excluding hydrogens is 421 g/mol. The quantitative estimate of drug-likeness (QED) is 0.753. The minimum Gasteiger partial charge on any atom is -0.369 e. The number of carbonyl (C=O) groups excluding carboxylic acids is 2. The molecule has 0 fully saturated rings. The van der Waals surface area contributed by atoms with Gasteiger partial charge < -0.3 is 16.0 Å². The van der Waals surface area contributed by atoms with Crippen LogP contribution in [0, 0.1) is 0 Å². The highest BCUT2D eigenvalue weighted by molar-refractivity contribution is 6.32. The fraction of sp³-hybridized carbons (Fsp3) is 0.250. The number of rotatable bonds is 4. The van der Waals surface area contributed by atoms with Crippen molar-refractivity contribution in [3.63, 3.8) is 0 Å². The lowest BCUT2D eigenvalue weighted by Crippen LogP contribution is -2.38. The molecule has 0 radical (unpaired) electrons. The number of benzene rings is 1. The number of primary amides is 1. The first-order chi connectivity index (χ1) is 14.1. The molecular formula is C20H18ClF3N4O2. The molecule has 2 heterocycles. The number of amides is 3. The molecule has 1 aliphatic heterocycles. The van der Waals surface area contributed by atoms with Crippen LogP contribution in [-0.4, -0.2) is 34.9 Å². The fourth-order valence-corrected chi connectivity index (χ4v) is 3.34. The normalized spacial score (nSPS) is 14.3. The number of aromatic nitrogens is 1. The van der Waals surface area contributed by atoms with Crippen LogP contribution in [0.25, 0.3) is 5.57 Å². The average molecular weight is 439 g/mol. The second-order valence-electron chi connectivity index (χ2n) is 6.75. The van der Waals surface area contributed by atoms with Crippen molar-refractivity contribution in [2.45, 2.75) is 19.0 Å². The fourth-order valence-electron chi connectivity index (χ4n) is 3.03. The van der Waals surface area contributed by atoms with Gasteiger partial charge in [0, 0.05) is 25.0 Å². The van der Waals surface area contributed by atoms with Gasteiger partial charge in [-0.1, -0.05) is 17.7 Å². The standard InChI is InChI=1S/C20H18ClF3N4O2/c21-16-9-12(10-17(25)29)11-26-18(16)13-5-7-28(8-6-13)19(30)27-15-3-1-14(2-4-15)20(22,23)24/h1-5,9,11H,6-8,10H2,(H2,25,29)(H,27,30). The summed E-state index contributed by atoms with van der Waals surface area (Å²) in [6, 6.07) is 5.48. The third-order valence-corrected chi connectivity index (χ3v) is 4.83. The zero-order valence-corrected chi connectivity index (χ0v) is 16.4. The number of carbonyl (C=O) groups is 2. The van der Waals surface area contributed by atoms with Gasteiger partial charge in [-0.15, -0.1) is 0 Å². The lowest BCUT2D eigenvalue weighted by Gasteiger charge is -2.27. The van der Waals surface area contributed by atoms with E-state index in [2.05, 4.69) is 10.3 Å². The van der Waals surface area contributed by atoms with Gasteiger partial charge in [0.1, 0.15) is 0 Å². The Kier molecular flexibility index (Phi) is 6.31. The maximum atomic E-state index is 12.6. The SMILES string of the molecule is NC(=O)Cc1cnc(C2=CCN(C(=O)Nc3ccc(C(F)(F)F)cc3)CC2)c(Cl)c1. The number of urea groups is 1. The second-order valence-corrected chi connectivity index (χ2v) is 7.15. The van der Waals surface area contributed by atoms with E-state index in [4.69, 9.17) is 17.3 Å². The molecule has 30 heavy (non-hydrogen) atoms. The summed E-state index contributed by atoms with van der Waals surface area (Å²) in [5, 5.41) is 2.98. The van der Waals surface area contributed by atoms with Gasteiger partial charge in [-0.2, -0.15) is 13.2 Å². The summed E-state index contributed by atoms with van der Waals surface area (Å²) >= 11 is 6.27. The van der Waals surface area contributed by atoms with Crippen LogP contribution >= 0.6 is 11.6 Å². The minimum atomic E-state index is -4.43. The first-order valence-corrected chi connectivity index (χ1v) is 9.36. The Balaban J connectivity index is 1.62. The van der Waals surface area contributed by atoms with Gasteiger partial charge in [-0.05, 0) is 47.9 Å². The monoisotopic (exact) mass is 438 g/mol. The van der Waals surface area contributed by atoms with Crippen LogP contribution in [0.3, 0.4) is 0 Å². The van der Waals surface area contributed by atoms with Gasteiger partial charge in [0.2, 0.25) is 5.91 Å². The number of pyridine rings is 1. The van der Waals surface area contributed by atoms with Crippen molar-refractivity contribution < 1.29 is 22.8 Å². The number of halogens is 4. The Hall–Kier alpha value is -3.07. The van der Waals surface area contributed by atoms with Crippen LogP contribution in [0.4, 0.5) is 23.7 Å². The van der Waals surface area contributed by atoms with E-state index >= 15 is 0 Å². The summed E-state index contributed by atoms with van der Waals surface area (Å²) in [4.78, 5) is 29.2. The Morgan fingerprint density at radius 3 is 2.47 bits per heavy atom. The molecule has 0 spiro atoms. The number of nitrogens with one attached hydrogen (secondary N) is 1. The minimum absolute atomic E-state index is 0.0456. The third-order valence-electron chi connectivity index (χ3n) is 4.54. The van der Waals surface area contributed by atoms with E-state index in [9.17, 15) is 22.8 Å². The molecule has 158 valence electrons. The summed E-state index contributed by atoms with van der Waals surface area (Å²) in [6.45, 7) is 0.683. The van der Waals surface area contributed by atoms with Crippen molar-refractivity contribution in [1.29, 1.82) is 0 Å². The van der Waals surface area contributed by atoms with Gasteiger partial charge in [-0.3, -0.25) is 9.78 Å². The van der Waals surface area contributed by atoms with Crippen molar-refractivity contribution >= 4 is 34.8 Å². The lowest BCUT2D eigenvalue weighted by atomic mass is 10.0.